The molecule has 0 bridgehead atoms. The van der Waals surface area contributed by atoms with Gasteiger partial charge in [-0.3, -0.25) is 0 Å². The van der Waals surface area contributed by atoms with Crippen LogP contribution in [0.25, 0.3) is 0 Å². The van der Waals surface area contributed by atoms with Gasteiger partial charge in [0.15, 0.2) is 0 Å². The highest BCUT2D eigenvalue weighted by molar-refractivity contribution is 4.91. The second-order valence-electron chi connectivity index (χ2n) is 7.12. The normalized spacial score (nSPS) is 30.9. The first-order valence-corrected chi connectivity index (χ1v) is 9.25. The van der Waals surface area contributed by atoms with Gasteiger partial charge in [-0.2, -0.15) is 0 Å². The second kappa shape index (κ2) is 8.38. The molecule has 118 valence electrons. The van der Waals surface area contributed by atoms with E-state index in [1.165, 1.54) is 64.5 Å². The van der Waals surface area contributed by atoms with Crippen molar-refractivity contribution in [2.75, 3.05) is 19.6 Å². The average molecular weight is 281 g/mol. The molecule has 2 saturated carbocycles. The predicted octanol–water partition coefficient (Wildman–Crippen LogP) is 4.06. The molecule has 0 radical (unpaired) electrons. The van der Waals surface area contributed by atoms with Gasteiger partial charge in [0.2, 0.25) is 0 Å². The van der Waals surface area contributed by atoms with Gasteiger partial charge in [-0.25, -0.2) is 0 Å². The van der Waals surface area contributed by atoms with Crippen molar-refractivity contribution in [1.29, 1.82) is 0 Å². The largest absolute Gasteiger partial charge is 0.314 e. The van der Waals surface area contributed by atoms with Gasteiger partial charge < -0.3 is 10.2 Å². The summed E-state index contributed by atoms with van der Waals surface area (Å²) < 4.78 is 0. The molecule has 3 atom stereocenters. The fourth-order valence-electron chi connectivity index (χ4n) is 4.22. The van der Waals surface area contributed by atoms with Crippen molar-refractivity contribution < 1.29 is 0 Å². The first kappa shape index (κ1) is 16.3. The molecule has 0 saturated heterocycles. The van der Waals surface area contributed by atoms with E-state index in [0.717, 1.165) is 30.5 Å². The van der Waals surface area contributed by atoms with Crippen LogP contribution >= 0.6 is 0 Å². The fraction of sp³-hybridized carbons (Fsp3) is 1.00. The first-order valence-electron chi connectivity index (χ1n) is 9.25. The van der Waals surface area contributed by atoms with Gasteiger partial charge in [0.1, 0.15) is 0 Å². The molecule has 0 amide bonds. The molecule has 0 aromatic carbocycles. The van der Waals surface area contributed by atoms with E-state index in [-0.39, 0.29) is 0 Å². The maximum absolute atomic E-state index is 3.78. The summed E-state index contributed by atoms with van der Waals surface area (Å²) in [7, 11) is 0. The van der Waals surface area contributed by atoms with Crippen LogP contribution in [-0.4, -0.2) is 36.6 Å². The van der Waals surface area contributed by atoms with E-state index in [4.69, 9.17) is 0 Å². The van der Waals surface area contributed by atoms with Crippen molar-refractivity contribution in [2.24, 2.45) is 11.8 Å². The maximum Gasteiger partial charge on any atom is 0.0108 e. The predicted molar refractivity (Wildman–Crippen MR) is 88.1 cm³/mol. The summed E-state index contributed by atoms with van der Waals surface area (Å²) in [6.07, 6.45) is 11.4. The Labute approximate surface area is 126 Å². The monoisotopic (exact) mass is 280 g/mol. The summed E-state index contributed by atoms with van der Waals surface area (Å²) in [5.41, 5.74) is 0. The highest BCUT2D eigenvalue weighted by Crippen LogP contribution is 2.35. The Morgan fingerprint density at radius 1 is 1.00 bits per heavy atom. The second-order valence-corrected chi connectivity index (χ2v) is 7.12. The summed E-state index contributed by atoms with van der Waals surface area (Å²) in [6.45, 7) is 10.8. The summed E-state index contributed by atoms with van der Waals surface area (Å²) in [5, 5.41) is 3.78. The van der Waals surface area contributed by atoms with E-state index < -0.39 is 0 Å². The maximum atomic E-state index is 3.78. The van der Waals surface area contributed by atoms with Crippen molar-refractivity contribution >= 4 is 0 Å². The van der Waals surface area contributed by atoms with Crippen LogP contribution in [0.5, 0.6) is 0 Å². The van der Waals surface area contributed by atoms with Crippen LogP contribution in [0.15, 0.2) is 0 Å². The molecule has 2 rings (SSSR count). The highest BCUT2D eigenvalue weighted by Gasteiger charge is 2.35. The molecule has 20 heavy (non-hydrogen) atoms. The molecule has 2 heteroatoms. The average Bonchev–Trinajstić information content (AvgIpc) is 3.26. The van der Waals surface area contributed by atoms with Crippen molar-refractivity contribution in [3.63, 3.8) is 0 Å². The minimum absolute atomic E-state index is 0.784. The van der Waals surface area contributed by atoms with Gasteiger partial charge in [-0.05, 0) is 63.5 Å². The van der Waals surface area contributed by atoms with Crippen molar-refractivity contribution in [1.82, 2.24) is 10.2 Å². The van der Waals surface area contributed by atoms with Gasteiger partial charge in [0, 0.05) is 18.6 Å². The number of nitrogens with one attached hydrogen (secondary N) is 1. The zero-order chi connectivity index (χ0) is 14.4. The third-order valence-electron chi connectivity index (χ3n) is 5.30. The Morgan fingerprint density at radius 2 is 1.80 bits per heavy atom. The molecule has 2 aliphatic rings. The number of hydrogen-bond donors (Lipinski definition) is 1. The number of nitrogens with zero attached hydrogens (tertiary/aromatic N) is 1. The molecular weight excluding hydrogens is 244 g/mol. The number of hydrogen-bond acceptors (Lipinski definition) is 2. The van der Waals surface area contributed by atoms with Crippen LogP contribution in [-0.2, 0) is 0 Å². The molecule has 2 nitrogen and oxygen atoms in total. The van der Waals surface area contributed by atoms with E-state index in [1.54, 1.807) is 0 Å². The molecular formula is C18H36N2. The van der Waals surface area contributed by atoms with Crippen molar-refractivity contribution in [3.8, 4) is 0 Å². The molecule has 0 heterocycles. The van der Waals surface area contributed by atoms with E-state index in [1.807, 2.05) is 0 Å². The Balaban J connectivity index is 1.90. The van der Waals surface area contributed by atoms with Crippen molar-refractivity contribution in [3.05, 3.63) is 0 Å². The Kier molecular flexibility index (Phi) is 6.83. The van der Waals surface area contributed by atoms with E-state index in [0.29, 0.717) is 0 Å². The lowest BCUT2D eigenvalue weighted by atomic mass is 9.76. The third-order valence-corrected chi connectivity index (χ3v) is 5.30. The lowest BCUT2D eigenvalue weighted by Gasteiger charge is -2.39. The summed E-state index contributed by atoms with van der Waals surface area (Å²) >= 11 is 0. The van der Waals surface area contributed by atoms with Crippen LogP contribution in [0.4, 0.5) is 0 Å². The lowest BCUT2D eigenvalue weighted by Crippen LogP contribution is -2.46. The summed E-state index contributed by atoms with van der Waals surface area (Å²) in [6, 6.07) is 1.72. The fourth-order valence-corrected chi connectivity index (χ4v) is 4.22. The van der Waals surface area contributed by atoms with E-state index >= 15 is 0 Å². The standard InChI is InChI=1S/C18H36N2/c1-4-7-15-8-11-18(19-6-3)16(13-15)14-20(12-5-2)17-9-10-17/h15-19H,4-14H2,1-3H3. The van der Waals surface area contributed by atoms with Crippen LogP contribution in [0.2, 0.25) is 0 Å². The molecule has 0 spiro atoms. The molecule has 2 aliphatic carbocycles. The lowest BCUT2D eigenvalue weighted by molar-refractivity contribution is 0.132. The van der Waals surface area contributed by atoms with Gasteiger partial charge in [0.25, 0.3) is 0 Å². The zero-order valence-corrected chi connectivity index (χ0v) is 14.0. The highest BCUT2D eigenvalue weighted by atomic mass is 15.2. The van der Waals surface area contributed by atoms with Crippen molar-refractivity contribution in [2.45, 2.75) is 84.2 Å². The van der Waals surface area contributed by atoms with Gasteiger partial charge >= 0.3 is 0 Å². The van der Waals surface area contributed by atoms with Gasteiger partial charge in [0.05, 0.1) is 0 Å². The van der Waals surface area contributed by atoms with Crippen LogP contribution < -0.4 is 5.32 Å². The van der Waals surface area contributed by atoms with Crippen LogP contribution in [0.1, 0.15) is 72.1 Å². The Morgan fingerprint density at radius 3 is 2.40 bits per heavy atom. The van der Waals surface area contributed by atoms with Gasteiger partial charge in [-0.15, -0.1) is 0 Å². The topological polar surface area (TPSA) is 15.3 Å². The minimum Gasteiger partial charge on any atom is -0.314 e. The molecule has 2 fully saturated rings. The Hall–Kier alpha value is -0.0800. The molecule has 0 aromatic rings. The number of rotatable bonds is 9. The van der Waals surface area contributed by atoms with Crippen LogP contribution in [0, 0.1) is 11.8 Å². The van der Waals surface area contributed by atoms with Crippen LogP contribution in [0.3, 0.4) is 0 Å². The van der Waals surface area contributed by atoms with E-state index in [9.17, 15) is 0 Å². The molecule has 0 aromatic heterocycles. The molecule has 1 N–H and O–H groups in total. The first-order chi connectivity index (χ1) is 9.78. The third kappa shape index (κ3) is 4.73. The Bertz CT molecular complexity index is 262. The molecule has 3 unspecified atom stereocenters. The van der Waals surface area contributed by atoms with Gasteiger partial charge in [-0.1, -0.05) is 33.6 Å². The van der Waals surface area contributed by atoms with E-state index in [2.05, 4.69) is 31.0 Å². The minimum atomic E-state index is 0.784. The SMILES string of the molecule is CCCC1CCC(NCC)C(CN(CCC)C2CC2)C1. The molecule has 0 aliphatic heterocycles. The summed E-state index contributed by atoms with van der Waals surface area (Å²) in [4.78, 5) is 2.81. The quantitative estimate of drug-likeness (QED) is 0.685. The zero-order valence-electron chi connectivity index (χ0n) is 14.0. The smallest absolute Gasteiger partial charge is 0.0108 e. The summed E-state index contributed by atoms with van der Waals surface area (Å²) in [5.74, 6) is 1.90.